The van der Waals surface area contributed by atoms with Crippen molar-refractivity contribution in [2.24, 2.45) is 0 Å². The molecule has 1 fully saturated rings. The van der Waals surface area contributed by atoms with E-state index in [4.69, 9.17) is 4.74 Å². The van der Waals surface area contributed by atoms with Gasteiger partial charge in [-0.15, -0.1) is 0 Å². The Hall–Kier alpha value is -2.69. The number of hydrogen-bond donors (Lipinski definition) is 2. The van der Waals surface area contributed by atoms with Crippen LogP contribution in [0.4, 0.5) is 17.1 Å². The second kappa shape index (κ2) is 8.61. The predicted octanol–water partition coefficient (Wildman–Crippen LogP) is 4.04. The van der Waals surface area contributed by atoms with E-state index in [1.54, 1.807) is 7.11 Å². The molecule has 5 heteroatoms. The van der Waals surface area contributed by atoms with Gasteiger partial charge < -0.3 is 20.3 Å². The summed E-state index contributed by atoms with van der Waals surface area (Å²) in [6.07, 6.45) is 3.86. The largest absolute Gasteiger partial charge is 0.495 e. The first-order valence-electron chi connectivity index (χ1n) is 9.19. The number of nitrogens with zero attached hydrogens (tertiary/aromatic N) is 1. The molecule has 26 heavy (non-hydrogen) atoms. The number of rotatable bonds is 6. The number of aryl methyl sites for hydroxylation is 1. The van der Waals surface area contributed by atoms with Crippen molar-refractivity contribution in [2.45, 2.75) is 26.2 Å². The molecule has 138 valence electrons. The Morgan fingerprint density at radius 1 is 1.08 bits per heavy atom. The molecule has 1 aliphatic heterocycles. The maximum atomic E-state index is 12.2. The molecule has 0 aromatic heterocycles. The molecule has 0 spiro atoms. The molecule has 1 saturated heterocycles. The lowest BCUT2D eigenvalue weighted by Crippen LogP contribution is -2.29. The van der Waals surface area contributed by atoms with Crippen LogP contribution < -0.4 is 20.3 Å². The van der Waals surface area contributed by atoms with Gasteiger partial charge in [0.1, 0.15) is 5.75 Å². The van der Waals surface area contributed by atoms with E-state index in [2.05, 4.69) is 27.7 Å². The van der Waals surface area contributed by atoms with Crippen LogP contribution in [-0.4, -0.2) is 32.7 Å². The molecule has 2 aromatic carbocycles. The van der Waals surface area contributed by atoms with Crippen molar-refractivity contribution in [1.82, 2.24) is 0 Å². The third kappa shape index (κ3) is 4.69. The Bertz CT molecular complexity index is 737. The minimum Gasteiger partial charge on any atom is -0.495 e. The third-order valence-electron chi connectivity index (χ3n) is 4.67. The normalized spacial score (nSPS) is 14.0. The summed E-state index contributed by atoms with van der Waals surface area (Å²) in [6, 6.07) is 14.0. The minimum atomic E-state index is -0.103. The van der Waals surface area contributed by atoms with Crippen molar-refractivity contribution < 1.29 is 9.53 Å². The predicted molar refractivity (Wildman–Crippen MR) is 107 cm³/mol. The second-order valence-electron chi connectivity index (χ2n) is 6.70. The number of benzene rings is 2. The Kier molecular flexibility index (Phi) is 6.00. The van der Waals surface area contributed by atoms with Crippen molar-refractivity contribution in [3.63, 3.8) is 0 Å². The first-order chi connectivity index (χ1) is 12.7. The highest BCUT2D eigenvalue weighted by atomic mass is 16.5. The topological polar surface area (TPSA) is 53.6 Å². The van der Waals surface area contributed by atoms with Crippen LogP contribution in [0.25, 0.3) is 0 Å². The number of carbonyl (C=O) groups is 1. The van der Waals surface area contributed by atoms with Crippen LogP contribution in [0.3, 0.4) is 0 Å². The molecular formula is C21H27N3O2. The van der Waals surface area contributed by atoms with Gasteiger partial charge in [0.25, 0.3) is 0 Å². The van der Waals surface area contributed by atoms with Gasteiger partial charge in [-0.3, -0.25) is 4.79 Å². The number of ether oxygens (including phenoxy) is 1. The summed E-state index contributed by atoms with van der Waals surface area (Å²) in [7, 11) is 1.60. The summed E-state index contributed by atoms with van der Waals surface area (Å²) < 4.78 is 5.29. The fraction of sp³-hybridized carbons (Fsp3) is 0.381. The van der Waals surface area contributed by atoms with Gasteiger partial charge in [0.05, 0.1) is 19.3 Å². The van der Waals surface area contributed by atoms with Gasteiger partial charge in [-0.1, -0.05) is 6.07 Å². The lowest BCUT2D eigenvalue weighted by Gasteiger charge is -2.28. The Balaban J connectivity index is 1.53. The zero-order chi connectivity index (χ0) is 18.4. The monoisotopic (exact) mass is 353 g/mol. The highest BCUT2D eigenvalue weighted by Gasteiger charge is 2.11. The van der Waals surface area contributed by atoms with Crippen LogP contribution >= 0.6 is 0 Å². The lowest BCUT2D eigenvalue weighted by molar-refractivity contribution is -0.114. The summed E-state index contributed by atoms with van der Waals surface area (Å²) in [6.45, 7) is 4.46. The van der Waals surface area contributed by atoms with E-state index in [-0.39, 0.29) is 12.5 Å². The van der Waals surface area contributed by atoms with E-state index in [0.717, 1.165) is 24.3 Å². The number of carbonyl (C=O) groups excluding carboxylic acids is 1. The third-order valence-corrected chi connectivity index (χ3v) is 4.67. The molecule has 3 rings (SSSR count). The molecule has 2 N–H and O–H groups in total. The average Bonchev–Trinajstić information content (AvgIpc) is 2.68. The van der Waals surface area contributed by atoms with Gasteiger partial charge >= 0.3 is 0 Å². The highest BCUT2D eigenvalue weighted by Crippen LogP contribution is 2.25. The number of nitrogens with one attached hydrogen (secondary N) is 2. The standard InChI is InChI=1S/C21H27N3O2/c1-16-6-11-20(26-2)19(14-16)23-21(25)15-22-17-7-9-18(10-8-17)24-12-4-3-5-13-24/h6-11,14,22H,3-5,12-13,15H2,1-2H3,(H,23,25). The van der Waals surface area contributed by atoms with E-state index in [1.807, 2.05) is 37.3 Å². The van der Waals surface area contributed by atoms with Crippen molar-refractivity contribution in [3.8, 4) is 5.75 Å². The number of amides is 1. The highest BCUT2D eigenvalue weighted by molar-refractivity contribution is 5.95. The molecule has 0 aliphatic carbocycles. The van der Waals surface area contributed by atoms with Crippen LogP contribution in [0.15, 0.2) is 42.5 Å². The Morgan fingerprint density at radius 2 is 1.81 bits per heavy atom. The van der Waals surface area contributed by atoms with Gasteiger partial charge in [-0.25, -0.2) is 0 Å². The minimum absolute atomic E-state index is 0.103. The summed E-state index contributed by atoms with van der Waals surface area (Å²) in [5, 5.41) is 6.08. The zero-order valence-electron chi connectivity index (χ0n) is 15.5. The van der Waals surface area contributed by atoms with Crippen LogP contribution in [-0.2, 0) is 4.79 Å². The number of anilines is 3. The SMILES string of the molecule is COc1ccc(C)cc1NC(=O)CNc1ccc(N2CCCCC2)cc1. The molecule has 0 saturated carbocycles. The zero-order valence-corrected chi connectivity index (χ0v) is 15.5. The molecule has 0 radical (unpaired) electrons. The van der Waals surface area contributed by atoms with Crippen LogP contribution in [0, 0.1) is 6.92 Å². The first kappa shape index (κ1) is 18.1. The number of methoxy groups -OCH3 is 1. The maximum Gasteiger partial charge on any atom is 0.243 e. The summed E-state index contributed by atoms with van der Waals surface area (Å²) in [5.41, 5.74) is 3.96. The Morgan fingerprint density at radius 3 is 2.50 bits per heavy atom. The maximum absolute atomic E-state index is 12.2. The fourth-order valence-electron chi connectivity index (χ4n) is 3.24. The van der Waals surface area contributed by atoms with E-state index >= 15 is 0 Å². The van der Waals surface area contributed by atoms with E-state index in [1.165, 1.54) is 24.9 Å². The van der Waals surface area contributed by atoms with Gasteiger partial charge in [-0.05, 0) is 68.1 Å². The molecule has 0 bridgehead atoms. The van der Waals surface area contributed by atoms with E-state index in [9.17, 15) is 4.79 Å². The van der Waals surface area contributed by atoms with Crippen LogP contribution in [0.1, 0.15) is 24.8 Å². The van der Waals surface area contributed by atoms with Crippen LogP contribution in [0.2, 0.25) is 0 Å². The molecule has 2 aromatic rings. The lowest BCUT2D eigenvalue weighted by atomic mass is 10.1. The quantitative estimate of drug-likeness (QED) is 0.823. The summed E-state index contributed by atoms with van der Waals surface area (Å²) in [5.74, 6) is 0.559. The molecular weight excluding hydrogens is 326 g/mol. The molecule has 0 unspecified atom stereocenters. The van der Waals surface area contributed by atoms with Gasteiger partial charge in [0, 0.05) is 24.5 Å². The van der Waals surface area contributed by atoms with E-state index < -0.39 is 0 Å². The number of hydrogen-bond acceptors (Lipinski definition) is 4. The van der Waals surface area contributed by atoms with E-state index in [0.29, 0.717) is 11.4 Å². The number of piperidine rings is 1. The smallest absolute Gasteiger partial charge is 0.243 e. The molecule has 0 atom stereocenters. The average molecular weight is 353 g/mol. The molecule has 1 heterocycles. The van der Waals surface area contributed by atoms with Crippen molar-refractivity contribution in [3.05, 3.63) is 48.0 Å². The summed E-state index contributed by atoms with van der Waals surface area (Å²) in [4.78, 5) is 14.7. The Labute approximate surface area is 155 Å². The van der Waals surface area contributed by atoms with Gasteiger partial charge in [0.2, 0.25) is 5.91 Å². The first-order valence-corrected chi connectivity index (χ1v) is 9.19. The molecule has 1 aliphatic rings. The van der Waals surface area contributed by atoms with Gasteiger partial charge in [-0.2, -0.15) is 0 Å². The molecule has 5 nitrogen and oxygen atoms in total. The van der Waals surface area contributed by atoms with Crippen molar-refractivity contribution in [2.75, 3.05) is 42.3 Å². The fourth-order valence-corrected chi connectivity index (χ4v) is 3.24. The van der Waals surface area contributed by atoms with Crippen LogP contribution in [0.5, 0.6) is 5.75 Å². The molecule has 1 amide bonds. The second-order valence-corrected chi connectivity index (χ2v) is 6.70. The summed E-state index contributed by atoms with van der Waals surface area (Å²) >= 11 is 0. The van der Waals surface area contributed by atoms with Gasteiger partial charge in [0.15, 0.2) is 0 Å². The van der Waals surface area contributed by atoms with Crippen molar-refractivity contribution >= 4 is 23.0 Å². The van der Waals surface area contributed by atoms with Crippen molar-refractivity contribution in [1.29, 1.82) is 0 Å².